The number of benzene rings is 2. The molecule has 4 rings (SSSR count). The SMILES string of the molecule is O=C(NCCn1nnc2cc(C(=O)N3CCCC3)ccc21)Nc1ccccc1Br. The van der Waals surface area contributed by atoms with E-state index in [1.165, 1.54) is 0 Å². The van der Waals surface area contributed by atoms with Gasteiger partial charge in [0.25, 0.3) is 5.91 Å². The summed E-state index contributed by atoms with van der Waals surface area (Å²) in [7, 11) is 0. The maximum Gasteiger partial charge on any atom is 0.319 e. The third-order valence-electron chi connectivity index (χ3n) is 4.89. The van der Waals surface area contributed by atoms with Crippen LogP contribution in [0.2, 0.25) is 0 Å². The lowest BCUT2D eigenvalue weighted by atomic mass is 10.1. The number of amides is 3. The molecule has 3 amide bonds. The first-order valence-electron chi connectivity index (χ1n) is 9.54. The Balaban J connectivity index is 1.35. The fourth-order valence-electron chi connectivity index (χ4n) is 3.38. The molecule has 1 aliphatic heterocycles. The summed E-state index contributed by atoms with van der Waals surface area (Å²) in [5.74, 6) is 0.0457. The number of hydrogen-bond acceptors (Lipinski definition) is 4. The van der Waals surface area contributed by atoms with Crippen LogP contribution in [0.4, 0.5) is 10.5 Å². The Morgan fingerprint density at radius 1 is 1.10 bits per heavy atom. The molecular weight excluding hydrogens is 436 g/mol. The summed E-state index contributed by atoms with van der Waals surface area (Å²) in [4.78, 5) is 26.5. The predicted molar refractivity (Wildman–Crippen MR) is 114 cm³/mol. The number of fused-ring (bicyclic) bond motifs is 1. The van der Waals surface area contributed by atoms with Gasteiger partial charge in [0, 0.05) is 29.7 Å². The number of likely N-dealkylation sites (tertiary alicyclic amines) is 1. The van der Waals surface area contributed by atoms with Crippen molar-refractivity contribution in [2.45, 2.75) is 19.4 Å². The van der Waals surface area contributed by atoms with Gasteiger partial charge in [0.2, 0.25) is 0 Å². The number of nitrogens with zero attached hydrogens (tertiary/aromatic N) is 4. The molecule has 0 unspecified atom stereocenters. The van der Waals surface area contributed by atoms with Crippen molar-refractivity contribution in [1.29, 1.82) is 0 Å². The fourth-order valence-corrected chi connectivity index (χ4v) is 3.76. The van der Waals surface area contributed by atoms with E-state index < -0.39 is 0 Å². The number of halogens is 1. The van der Waals surface area contributed by atoms with Gasteiger partial charge in [-0.3, -0.25) is 4.79 Å². The lowest BCUT2D eigenvalue weighted by Crippen LogP contribution is -2.31. The van der Waals surface area contributed by atoms with Crippen LogP contribution in [0.3, 0.4) is 0 Å². The molecule has 150 valence electrons. The monoisotopic (exact) mass is 456 g/mol. The van der Waals surface area contributed by atoms with Crippen LogP contribution in [-0.2, 0) is 6.54 Å². The number of hydrogen-bond donors (Lipinski definition) is 2. The molecule has 0 bridgehead atoms. The van der Waals surface area contributed by atoms with Gasteiger partial charge in [-0.2, -0.15) is 0 Å². The number of carbonyl (C=O) groups is 2. The predicted octanol–water partition coefficient (Wildman–Crippen LogP) is 3.25. The molecule has 2 N–H and O–H groups in total. The van der Waals surface area contributed by atoms with Gasteiger partial charge in [-0.15, -0.1) is 5.10 Å². The molecule has 2 heterocycles. The quantitative estimate of drug-likeness (QED) is 0.616. The fraction of sp³-hybridized carbons (Fsp3) is 0.300. The van der Waals surface area contributed by atoms with E-state index in [9.17, 15) is 9.59 Å². The van der Waals surface area contributed by atoms with Crippen LogP contribution in [-0.4, -0.2) is 51.5 Å². The van der Waals surface area contributed by atoms with Crippen molar-refractivity contribution in [3.05, 3.63) is 52.5 Å². The molecule has 29 heavy (non-hydrogen) atoms. The third kappa shape index (κ3) is 4.40. The van der Waals surface area contributed by atoms with E-state index >= 15 is 0 Å². The molecule has 9 heteroatoms. The first-order valence-corrected chi connectivity index (χ1v) is 10.3. The Bertz CT molecular complexity index is 1040. The second-order valence-electron chi connectivity index (χ2n) is 6.88. The standard InChI is InChI=1S/C20H21BrN6O2/c21-15-5-1-2-6-16(15)23-20(29)22-9-12-27-18-8-7-14(13-17(18)24-25-27)19(28)26-10-3-4-11-26/h1-2,5-8,13H,3-4,9-12H2,(H2,22,23,29). The molecule has 0 atom stereocenters. The van der Waals surface area contributed by atoms with Crippen LogP contribution >= 0.6 is 15.9 Å². The number of aromatic nitrogens is 3. The number of anilines is 1. The highest BCUT2D eigenvalue weighted by molar-refractivity contribution is 9.10. The Morgan fingerprint density at radius 2 is 1.90 bits per heavy atom. The van der Waals surface area contributed by atoms with Gasteiger partial charge in [-0.05, 0) is 59.1 Å². The van der Waals surface area contributed by atoms with Crippen molar-refractivity contribution in [3.8, 4) is 0 Å². The van der Waals surface area contributed by atoms with Gasteiger partial charge < -0.3 is 15.5 Å². The Morgan fingerprint density at radius 3 is 2.69 bits per heavy atom. The van der Waals surface area contributed by atoms with Crippen molar-refractivity contribution in [2.75, 3.05) is 25.0 Å². The Hall–Kier alpha value is -2.94. The van der Waals surface area contributed by atoms with E-state index in [-0.39, 0.29) is 11.9 Å². The number of urea groups is 1. The highest BCUT2D eigenvalue weighted by Gasteiger charge is 2.20. The van der Waals surface area contributed by atoms with E-state index in [4.69, 9.17) is 0 Å². The van der Waals surface area contributed by atoms with Crippen LogP contribution in [0.1, 0.15) is 23.2 Å². The smallest absolute Gasteiger partial charge is 0.319 e. The number of carbonyl (C=O) groups excluding carboxylic acids is 2. The van der Waals surface area contributed by atoms with Crippen LogP contribution < -0.4 is 10.6 Å². The summed E-state index contributed by atoms with van der Waals surface area (Å²) in [6.45, 7) is 2.50. The maximum atomic E-state index is 12.5. The molecule has 1 aliphatic rings. The molecule has 0 aliphatic carbocycles. The van der Waals surface area contributed by atoms with E-state index in [0.29, 0.717) is 29.9 Å². The summed E-state index contributed by atoms with van der Waals surface area (Å²) < 4.78 is 2.54. The highest BCUT2D eigenvalue weighted by atomic mass is 79.9. The van der Waals surface area contributed by atoms with Gasteiger partial charge in [0.05, 0.1) is 17.7 Å². The first kappa shape index (κ1) is 19.4. The summed E-state index contributed by atoms with van der Waals surface area (Å²) in [6.07, 6.45) is 2.12. The van der Waals surface area contributed by atoms with Gasteiger partial charge in [-0.1, -0.05) is 17.3 Å². The summed E-state index contributed by atoms with van der Waals surface area (Å²) in [6, 6.07) is 12.6. The molecule has 1 aromatic heterocycles. The maximum absolute atomic E-state index is 12.5. The average Bonchev–Trinajstić information content (AvgIpc) is 3.39. The van der Waals surface area contributed by atoms with Crippen LogP contribution in [0.15, 0.2) is 46.9 Å². The minimum Gasteiger partial charge on any atom is -0.339 e. The van der Waals surface area contributed by atoms with Gasteiger partial charge in [0.15, 0.2) is 0 Å². The summed E-state index contributed by atoms with van der Waals surface area (Å²) in [5, 5.41) is 13.9. The largest absolute Gasteiger partial charge is 0.339 e. The number of para-hydroxylation sites is 1. The zero-order chi connectivity index (χ0) is 20.2. The minimum absolute atomic E-state index is 0.0457. The highest BCUT2D eigenvalue weighted by Crippen LogP contribution is 2.21. The molecule has 1 fully saturated rings. The second kappa shape index (κ2) is 8.60. The van der Waals surface area contributed by atoms with Crippen LogP contribution in [0.5, 0.6) is 0 Å². The Labute approximate surface area is 176 Å². The van der Waals surface area contributed by atoms with E-state index in [2.05, 4.69) is 36.9 Å². The molecule has 3 aromatic rings. The Kier molecular flexibility index (Phi) is 5.75. The average molecular weight is 457 g/mol. The van der Waals surface area contributed by atoms with E-state index in [1.54, 1.807) is 10.7 Å². The summed E-state index contributed by atoms with van der Waals surface area (Å²) >= 11 is 3.40. The van der Waals surface area contributed by atoms with Crippen molar-refractivity contribution < 1.29 is 9.59 Å². The minimum atomic E-state index is -0.292. The van der Waals surface area contributed by atoms with Gasteiger partial charge in [0.1, 0.15) is 5.52 Å². The second-order valence-corrected chi connectivity index (χ2v) is 7.73. The number of nitrogens with one attached hydrogen (secondary N) is 2. The molecule has 0 radical (unpaired) electrons. The van der Waals surface area contributed by atoms with Crippen molar-refractivity contribution in [1.82, 2.24) is 25.2 Å². The topological polar surface area (TPSA) is 92.1 Å². The molecule has 1 saturated heterocycles. The van der Waals surface area contributed by atoms with Crippen LogP contribution in [0, 0.1) is 0 Å². The lowest BCUT2D eigenvalue weighted by molar-refractivity contribution is 0.0793. The molecule has 2 aromatic carbocycles. The molecule has 0 saturated carbocycles. The lowest BCUT2D eigenvalue weighted by Gasteiger charge is -2.14. The van der Waals surface area contributed by atoms with Crippen molar-refractivity contribution >= 4 is 44.6 Å². The van der Waals surface area contributed by atoms with Crippen molar-refractivity contribution in [3.63, 3.8) is 0 Å². The van der Waals surface area contributed by atoms with Crippen molar-refractivity contribution in [2.24, 2.45) is 0 Å². The van der Waals surface area contributed by atoms with E-state index in [1.807, 2.05) is 41.3 Å². The summed E-state index contributed by atoms with van der Waals surface area (Å²) in [5.41, 5.74) is 2.84. The van der Waals surface area contributed by atoms with Crippen LogP contribution in [0.25, 0.3) is 11.0 Å². The first-order chi connectivity index (χ1) is 14.1. The van der Waals surface area contributed by atoms with E-state index in [0.717, 1.165) is 35.9 Å². The molecular formula is C20H21BrN6O2. The molecule has 8 nitrogen and oxygen atoms in total. The molecule has 0 spiro atoms. The van der Waals surface area contributed by atoms with Gasteiger partial charge >= 0.3 is 6.03 Å². The zero-order valence-corrected chi connectivity index (χ0v) is 17.4. The number of rotatable bonds is 5. The third-order valence-corrected chi connectivity index (χ3v) is 5.58. The normalized spacial score (nSPS) is 13.6. The van der Waals surface area contributed by atoms with Gasteiger partial charge in [-0.25, -0.2) is 9.48 Å². The zero-order valence-electron chi connectivity index (χ0n) is 15.8.